The Morgan fingerprint density at radius 2 is 1.90 bits per heavy atom. The molecule has 6 nitrogen and oxygen atoms in total. The Hall–Kier alpha value is -0.210. The zero-order valence-corrected chi connectivity index (χ0v) is 14.5. The van der Waals surface area contributed by atoms with E-state index in [9.17, 15) is 8.42 Å². The fourth-order valence-corrected chi connectivity index (χ4v) is 2.75. The van der Waals surface area contributed by atoms with Crippen LogP contribution in [0.4, 0.5) is 0 Å². The van der Waals surface area contributed by atoms with Gasteiger partial charge in [0.25, 0.3) is 10.2 Å². The summed E-state index contributed by atoms with van der Waals surface area (Å²) in [5.74, 6) is 0. The van der Waals surface area contributed by atoms with E-state index in [1.54, 1.807) is 7.05 Å². The van der Waals surface area contributed by atoms with E-state index < -0.39 is 15.8 Å². The average molecular weight is 309 g/mol. The summed E-state index contributed by atoms with van der Waals surface area (Å²) in [5, 5.41) is 3.26. The van der Waals surface area contributed by atoms with Gasteiger partial charge in [-0.25, -0.2) is 0 Å². The van der Waals surface area contributed by atoms with Crippen LogP contribution >= 0.6 is 0 Å². The van der Waals surface area contributed by atoms with E-state index in [0.717, 1.165) is 13.0 Å². The van der Waals surface area contributed by atoms with Crippen molar-refractivity contribution in [2.45, 2.75) is 52.7 Å². The highest BCUT2D eigenvalue weighted by molar-refractivity contribution is 7.87. The Balaban J connectivity index is 4.15. The topological polar surface area (TPSA) is 70.7 Å². The SMILES string of the molecule is CCOC(C)(C)CNS(=O)(=O)N(C)CCCNC(C)C. The molecule has 0 spiro atoms. The molecule has 0 aromatic carbocycles. The zero-order valence-electron chi connectivity index (χ0n) is 13.7. The van der Waals surface area contributed by atoms with Gasteiger partial charge in [0.2, 0.25) is 0 Å². The Bertz CT molecular complexity index is 356. The molecule has 0 aliphatic rings. The van der Waals surface area contributed by atoms with Crippen molar-refractivity contribution in [2.75, 3.05) is 33.3 Å². The third kappa shape index (κ3) is 8.86. The van der Waals surface area contributed by atoms with Crippen LogP contribution in [0.25, 0.3) is 0 Å². The van der Waals surface area contributed by atoms with E-state index in [2.05, 4.69) is 23.9 Å². The first kappa shape index (κ1) is 19.8. The van der Waals surface area contributed by atoms with Gasteiger partial charge in [-0.2, -0.15) is 17.4 Å². The van der Waals surface area contributed by atoms with Gasteiger partial charge in [0.05, 0.1) is 5.60 Å². The average Bonchev–Trinajstić information content (AvgIpc) is 2.32. The third-order valence-electron chi connectivity index (χ3n) is 2.83. The van der Waals surface area contributed by atoms with Crippen molar-refractivity contribution in [1.29, 1.82) is 0 Å². The van der Waals surface area contributed by atoms with Crippen molar-refractivity contribution >= 4 is 10.2 Å². The molecule has 0 aromatic rings. The van der Waals surface area contributed by atoms with Crippen LogP contribution in [0.2, 0.25) is 0 Å². The molecule has 2 N–H and O–H groups in total. The maximum Gasteiger partial charge on any atom is 0.279 e. The first-order valence-electron chi connectivity index (χ1n) is 7.19. The summed E-state index contributed by atoms with van der Waals surface area (Å²) in [5.41, 5.74) is -0.498. The van der Waals surface area contributed by atoms with Crippen molar-refractivity contribution in [3.8, 4) is 0 Å². The summed E-state index contributed by atoms with van der Waals surface area (Å²) < 4.78 is 33.5. The van der Waals surface area contributed by atoms with Crippen LogP contribution in [0.5, 0.6) is 0 Å². The van der Waals surface area contributed by atoms with Crippen LogP contribution in [0, 0.1) is 0 Å². The molecule has 0 aliphatic heterocycles. The Kier molecular flexibility index (Phi) is 8.85. The van der Waals surface area contributed by atoms with Gasteiger partial charge in [0.15, 0.2) is 0 Å². The fourth-order valence-electron chi connectivity index (χ4n) is 1.63. The van der Waals surface area contributed by atoms with Gasteiger partial charge in [-0.05, 0) is 33.7 Å². The number of nitrogens with zero attached hydrogens (tertiary/aromatic N) is 1. The molecule has 0 saturated carbocycles. The predicted octanol–water partition coefficient (Wildman–Crippen LogP) is 0.956. The van der Waals surface area contributed by atoms with E-state index >= 15 is 0 Å². The molecular weight excluding hydrogens is 278 g/mol. The van der Waals surface area contributed by atoms with Gasteiger partial charge in [0.1, 0.15) is 0 Å². The quantitative estimate of drug-likeness (QED) is 0.558. The van der Waals surface area contributed by atoms with Crippen LogP contribution in [0.15, 0.2) is 0 Å². The summed E-state index contributed by atoms with van der Waals surface area (Å²) >= 11 is 0. The smallest absolute Gasteiger partial charge is 0.279 e. The van der Waals surface area contributed by atoms with Gasteiger partial charge < -0.3 is 10.1 Å². The summed E-state index contributed by atoms with van der Waals surface area (Å²) in [6.07, 6.45) is 0.782. The minimum atomic E-state index is -3.44. The van der Waals surface area contributed by atoms with E-state index in [1.165, 1.54) is 4.31 Å². The highest BCUT2D eigenvalue weighted by Gasteiger charge is 2.23. The molecule has 20 heavy (non-hydrogen) atoms. The van der Waals surface area contributed by atoms with Crippen molar-refractivity contribution < 1.29 is 13.2 Å². The third-order valence-corrected chi connectivity index (χ3v) is 4.34. The van der Waals surface area contributed by atoms with Crippen LogP contribution in [0.3, 0.4) is 0 Å². The molecule has 0 radical (unpaired) electrons. The maximum absolute atomic E-state index is 12.0. The summed E-state index contributed by atoms with van der Waals surface area (Å²) in [6, 6.07) is 0.419. The van der Waals surface area contributed by atoms with Gasteiger partial charge >= 0.3 is 0 Å². The second-order valence-electron chi connectivity index (χ2n) is 5.80. The normalized spacial score (nSPS) is 13.4. The minimum Gasteiger partial charge on any atom is -0.374 e. The predicted molar refractivity (Wildman–Crippen MR) is 83.0 cm³/mol. The first-order valence-corrected chi connectivity index (χ1v) is 8.63. The molecule has 0 bridgehead atoms. The molecule has 0 unspecified atom stereocenters. The second kappa shape index (κ2) is 8.94. The molecule has 122 valence electrons. The molecule has 0 rings (SSSR count). The molecule has 0 aliphatic carbocycles. The molecule has 0 heterocycles. The summed E-state index contributed by atoms with van der Waals surface area (Å²) in [6.45, 7) is 11.9. The second-order valence-corrected chi connectivity index (χ2v) is 7.66. The van der Waals surface area contributed by atoms with E-state index in [0.29, 0.717) is 19.2 Å². The molecule has 0 amide bonds. The fraction of sp³-hybridized carbons (Fsp3) is 1.00. The van der Waals surface area contributed by atoms with Crippen LogP contribution in [-0.2, 0) is 14.9 Å². The highest BCUT2D eigenvalue weighted by Crippen LogP contribution is 2.08. The van der Waals surface area contributed by atoms with Gasteiger partial charge in [-0.1, -0.05) is 13.8 Å². The van der Waals surface area contributed by atoms with E-state index in [-0.39, 0.29) is 6.54 Å². The van der Waals surface area contributed by atoms with Gasteiger partial charge in [0, 0.05) is 32.8 Å². The minimum absolute atomic E-state index is 0.262. The highest BCUT2D eigenvalue weighted by atomic mass is 32.2. The van der Waals surface area contributed by atoms with E-state index in [4.69, 9.17) is 4.74 Å². The molecule has 0 fully saturated rings. The number of nitrogens with one attached hydrogen (secondary N) is 2. The zero-order chi connectivity index (χ0) is 15.8. The number of hydrogen-bond acceptors (Lipinski definition) is 4. The van der Waals surface area contributed by atoms with Crippen molar-refractivity contribution in [3.05, 3.63) is 0 Å². The van der Waals surface area contributed by atoms with Crippen molar-refractivity contribution in [1.82, 2.24) is 14.3 Å². The Labute approximate surface area is 124 Å². The number of rotatable bonds is 11. The van der Waals surface area contributed by atoms with Crippen LogP contribution < -0.4 is 10.0 Å². The molecule has 7 heteroatoms. The van der Waals surface area contributed by atoms with Crippen LogP contribution in [-0.4, -0.2) is 57.7 Å². The molecule has 0 aromatic heterocycles. The Morgan fingerprint density at radius 1 is 1.30 bits per heavy atom. The van der Waals surface area contributed by atoms with E-state index in [1.807, 2.05) is 20.8 Å². The first-order chi connectivity index (χ1) is 9.10. The monoisotopic (exact) mass is 309 g/mol. The lowest BCUT2D eigenvalue weighted by Crippen LogP contribution is -2.46. The lowest BCUT2D eigenvalue weighted by Gasteiger charge is -2.26. The maximum atomic E-state index is 12.0. The standard InChI is InChI=1S/C13H31N3O3S/c1-7-19-13(4,5)11-15-20(17,18)16(6)10-8-9-14-12(2)3/h12,14-15H,7-11H2,1-6H3. The van der Waals surface area contributed by atoms with Crippen molar-refractivity contribution in [2.24, 2.45) is 0 Å². The van der Waals surface area contributed by atoms with Crippen molar-refractivity contribution in [3.63, 3.8) is 0 Å². The lowest BCUT2D eigenvalue weighted by molar-refractivity contribution is -0.00535. The van der Waals surface area contributed by atoms with Crippen LogP contribution in [0.1, 0.15) is 41.0 Å². The lowest BCUT2D eigenvalue weighted by atomic mass is 10.1. The Morgan fingerprint density at radius 3 is 2.40 bits per heavy atom. The number of ether oxygens (including phenoxy) is 1. The summed E-state index contributed by atoms with van der Waals surface area (Å²) in [7, 11) is -1.85. The van der Waals surface area contributed by atoms with Gasteiger partial charge in [-0.15, -0.1) is 0 Å². The summed E-state index contributed by atoms with van der Waals surface area (Å²) in [4.78, 5) is 0. The molecule has 0 saturated heterocycles. The number of hydrogen-bond donors (Lipinski definition) is 2. The largest absolute Gasteiger partial charge is 0.374 e. The molecular formula is C13H31N3O3S. The molecule has 0 atom stereocenters. The van der Waals surface area contributed by atoms with Gasteiger partial charge in [-0.3, -0.25) is 0 Å².